The average Bonchev–Trinajstić information content (AvgIpc) is 2.88. The van der Waals surface area contributed by atoms with E-state index in [9.17, 15) is 0 Å². The third-order valence-electron chi connectivity index (χ3n) is 5.91. The fourth-order valence-corrected chi connectivity index (χ4v) is 9.08. The van der Waals surface area contributed by atoms with Crippen LogP contribution in [-0.2, 0) is 11.0 Å². The molecule has 0 aromatic heterocycles. The standard InChI is InChI=1S/C28H30NP.H3O4P/c1-5-13-25(14-6-1)21-22-29-23-24-30(26-15-7-2-8-16-26,27-17-9-3-10-18-27)28-19-11-4-12-20-28;1-5(2,3)4/h1-20,29-30H,21-24H2;(H3,1,2,3,4). The Bertz CT molecular complexity index is 1070. The summed E-state index contributed by atoms with van der Waals surface area (Å²) in [6.07, 6.45) is 2.21. The van der Waals surface area contributed by atoms with Gasteiger partial charge in [0.25, 0.3) is 0 Å². The minimum atomic E-state index is -4.64. The summed E-state index contributed by atoms with van der Waals surface area (Å²) in [6.45, 7) is 2.02. The molecule has 0 heterocycles. The summed E-state index contributed by atoms with van der Waals surface area (Å²) in [5, 5.41) is 8.17. The molecule has 7 heteroatoms. The number of benzene rings is 4. The first-order chi connectivity index (χ1) is 16.9. The summed E-state index contributed by atoms with van der Waals surface area (Å²) < 4.78 is 8.88. The Labute approximate surface area is 208 Å². The van der Waals surface area contributed by atoms with E-state index in [2.05, 4.69) is 127 Å². The SMILES string of the molecule is O=P(O)(O)O.c1ccc(CCNCC[PH](c2ccccc2)(c2ccccc2)c2ccccc2)cc1. The van der Waals surface area contributed by atoms with Crippen molar-refractivity contribution in [3.05, 3.63) is 127 Å². The summed E-state index contributed by atoms with van der Waals surface area (Å²) in [5.41, 5.74) is 1.39. The van der Waals surface area contributed by atoms with Gasteiger partial charge >= 0.3 is 189 Å². The number of hydrogen-bond acceptors (Lipinski definition) is 2. The Kier molecular flexibility index (Phi) is 10.4. The quantitative estimate of drug-likeness (QED) is 0.205. The maximum atomic E-state index is 8.88. The Balaban J connectivity index is 0.000000623. The predicted octanol–water partition coefficient (Wildman–Crippen LogP) is 3.62. The zero-order valence-corrected chi connectivity index (χ0v) is 21.5. The van der Waals surface area contributed by atoms with Gasteiger partial charge in [-0.2, -0.15) is 0 Å². The summed E-state index contributed by atoms with van der Waals surface area (Å²) in [7, 11) is -6.75. The van der Waals surface area contributed by atoms with E-state index in [1.807, 2.05) is 0 Å². The molecule has 5 nitrogen and oxygen atoms in total. The van der Waals surface area contributed by atoms with Gasteiger partial charge in [-0.3, -0.25) is 0 Å². The Morgan fingerprint density at radius 3 is 1.29 bits per heavy atom. The van der Waals surface area contributed by atoms with Gasteiger partial charge in [0.15, 0.2) is 0 Å². The summed E-state index contributed by atoms with van der Waals surface area (Å²) in [4.78, 5) is 21.6. The molecule has 0 amide bonds. The zero-order chi connectivity index (χ0) is 25.0. The molecule has 0 aliphatic rings. The second-order valence-corrected chi connectivity index (χ2v) is 13.3. The Morgan fingerprint density at radius 2 is 0.914 bits per heavy atom. The van der Waals surface area contributed by atoms with Gasteiger partial charge in [-0.15, -0.1) is 0 Å². The van der Waals surface area contributed by atoms with Gasteiger partial charge in [0.05, 0.1) is 0 Å². The van der Waals surface area contributed by atoms with Gasteiger partial charge in [0.1, 0.15) is 0 Å². The molecule has 4 aromatic rings. The van der Waals surface area contributed by atoms with Gasteiger partial charge in [0.2, 0.25) is 0 Å². The average molecular weight is 510 g/mol. The van der Waals surface area contributed by atoms with E-state index in [0.29, 0.717) is 0 Å². The number of hydrogen-bond donors (Lipinski definition) is 4. The van der Waals surface area contributed by atoms with Crippen LogP contribution in [0.2, 0.25) is 0 Å². The minimum absolute atomic E-state index is 1.01. The summed E-state index contributed by atoms with van der Waals surface area (Å²) in [6, 6.07) is 44.2. The molecule has 4 rings (SSSR count). The van der Waals surface area contributed by atoms with Crippen LogP contribution in [0.3, 0.4) is 0 Å². The van der Waals surface area contributed by atoms with Crippen LogP contribution in [0.15, 0.2) is 121 Å². The van der Waals surface area contributed by atoms with Gasteiger partial charge in [-0.25, -0.2) is 4.57 Å². The third kappa shape index (κ3) is 8.52. The Hall–Kier alpha value is -2.62. The van der Waals surface area contributed by atoms with Crippen LogP contribution >= 0.6 is 15.1 Å². The van der Waals surface area contributed by atoms with E-state index >= 15 is 0 Å². The van der Waals surface area contributed by atoms with E-state index in [-0.39, 0.29) is 0 Å². The second kappa shape index (κ2) is 13.5. The maximum absolute atomic E-state index is 8.88. The molecule has 0 unspecified atom stereocenters. The molecular formula is C28H33NO4P2. The third-order valence-corrected chi connectivity index (χ3v) is 10.9. The number of rotatable bonds is 9. The molecule has 0 radical (unpaired) electrons. The first-order valence-electron chi connectivity index (χ1n) is 11.6. The van der Waals surface area contributed by atoms with Crippen LogP contribution in [0, 0.1) is 0 Å². The van der Waals surface area contributed by atoms with E-state index in [4.69, 9.17) is 19.2 Å². The van der Waals surface area contributed by atoms with Crippen LogP contribution in [0.5, 0.6) is 0 Å². The number of phosphoric acid groups is 1. The van der Waals surface area contributed by atoms with Gasteiger partial charge in [-0.1, -0.05) is 0 Å². The second-order valence-electron chi connectivity index (χ2n) is 8.25. The van der Waals surface area contributed by atoms with E-state index in [1.165, 1.54) is 21.5 Å². The summed E-state index contributed by atoms with van der Waals surface area (Å²) >= 11 is 0. The fourth-order valence-electron chi connectivity index (χ4n) is 4.38. The molecule has 35 heavy (non-hydrogen) atoms. The molecule has 4 N–H and O–H groups in total. The normalized spacial score (nSPS) is 11.9. The first-order valence-corrected chi connectivity index (χ1v) is 15.4. The predicted molar refractivity (Wildman–Crippen MR) is 149 cm³/mol. The van der Waals surface area contributed by atoms with E-state index in [0.717, 1.165) is 25.7 Å². The van der Waals surface area contributed by atoms with Crippen LogP contribution < -0.4 is 21.2 Å². The van der Waals surface area contributed by atoms with Crippen LogP contribution in [-0.4, -0.2) is 33.9 Å². The monoisotopic (exact) mass is 509 g/mol. The van der Waals surface area contributed by atoms with Crippen molar-refractivity contribution in [3.8, 4) is 0 Å². The molecule has 0 saturated heterocycles. The van der Waals surface area contributed by atoms with Crippen molar-refractivity contribution in [1.29, 1.82) is 0 Å². The van der Waals surface area contributed by atoms with Gasteiger partial charge < -0.3 is 14.7 Å². The van der Waals surface area contributed by atoms with E-state index < -0.39 is 15.1 Å². The molecule has 4 aromatic carbocycles. The van der Waals surface area contributed by atoms with Crippen molar-refractivity contribution in [3.63, 3.8) is 0 Å². The van der Waals surface area contributed by atoms with Crippen molar-refractivity contribution in [2.24, 2.45) is 0 Å². The van der Waals surface area contributed by atoms with Crippen molar-refractivity contribution >= 4 is 31.0 Å². The zero-order valence-electron chi connectivity index (χ0n) is 19.6. The number of nitrogens with one attached hydrogen (secondary N) is 1. The van der Waals surface area contributed by atoms with E-state index in [1.54, 1.807) is 0 Å². The van der Waals surface area contributed by atoms with Crippen molar-refractivity contribution in [2.45, 2.75) is 6.42 Å². The molecule has 0 atom stereocenters. The first kappa shape index (κ1) is 27.0. The molecule has 0 fully saturated rings. The van der Waals surface area contributed by atoms with Gasteiger partial charge in [0, 0.05) is 0 Å². The molecule has 184 valence electrons. The molecule has 0 bridgehead atoms. The van der Waals surface area contributed by atoms with Crippen LogP contribution in [0.1, 0.15) is 5.56 Å². The van der Waals surface area contributed by atoms with Crippen LogP contribution in [0.25, 0.3) is 0 Å². The molecule has 0 saturated carbocycles. The molecule has 0 spiro atoms. The fraction of sp³-hybridized carbons (Fsp3) is 0.143. The van der Waals surface area contributed by atoms with Crippen molar-refractivity contribution in [1.82, 2.24) is 5.32 Å². The Morgan fingerprint density at radius 1 is 0.571 bits per heavy atom. The van der Waals surface area contributed by atoms with Crippen LogP contribution in [0.4, 0.5) is 0 Å². The topological polar surface area (TPSA) is 89.8 Å². The molecular weight excluding hydrogens is 476 g/mol. The van der Waals surface area contributed by atoms with Gasteiger partial charge in [-0.05, 0) is 0 Å². The molecule has 0 aliphatic heterocycles. The summed E-state index contributed by atoms with van der Waals surface area (Å²) in [5.74, 6) is 0. The van der Waals surface area contributed by atoms with Crippen molar-refractivity contribution < 1.29 is 19.2 Å². The molecule has 0 aliphatic carbocycles. The van der Waals surface area contributed by atoms with Crippen molar-refractivity contribution in [2.75, 3.05) is 19.3 Å².